The Kier molecular flexibility index (Phi) is 3.92. The number of para-hydroxylation sites is 1. The third-order valence-corrected chi connectivity index (χ3v) is 3.67. The van der Waals surface area contributed by atoms with Crippen LogP contribution in [0.15, 0.2) is 18.2 Å². The van der Waals surface area contributed by atoms with E-state index in [1.165, 1.54) is 22.2 Å². The zero-order valence-electron chi connectivity index (χ0n) is 11.7. The van der Waals surface area contributed by atoms with Crippen LogP contribution in [0.4, 0.5) is 0 Å². The van der Waals surface area contributed by atoms with Crippen LogP contribution >= 0.6 is 0 Å². The largest absolute Gasteiger partial charge is 0.495 e. The number of ether oxygens (including phenoxy) is 1. The number of rotatable bonds is 5. The molecule has 0 atom stereocenters. The molecule has 3 nitrogen and oxygen atoms in total. The van der Waals surface area contributed by atoms with E-state index >= 15 is 0 Å². The number of benzene rings is 1. The van der Waals surface area contributed by atoms with E-state index in [0.717, 1.165) is 25.1 Å². The maximum atomic E-state index is 5.47. The lowest BCUT2D eigenvalue weighted by Gasteiger charge is -2.04. The average molecular weight is 246 g/mol. The van der Waals surface area contributed by atoms with Crippen LogP contribution in [0.2, 0.25) is 0 Å². The summed E-state index contributed by atoms with van der Waals surface area (Å²) in [5.41, 5.74) is 3.99. The van der Waals surface area contributed by atoms with Crippen LogP contribution in [-0.4, -0.2) is 25.3 Å². The Balaban J connectivity index is 2.50. The average Bonchev–Trinajstić information content (AvgIpc) is 2.64. The Hall–Kier alpha value is -1.48. The van der Waals surface area contributed by atoms with Gasteiger partial charge in [-0.05, 0) is 45.0 Å². The van der Waals surface area contributed by atoms with Crippen molar-refractivity contribution in [3.8, 4) is 5.75 Å². The Morgan fingerprint density at radius 3 is 2.78 bits per heavy atom. The molecule has 2 rings (SSSR count). The van der Waals surface area contributed by atoms with Crippen molar-refractivity contribution in [2.45, 2.75) is 19.8 Å². The van der Waals surface area contributed by atoms with Crippen molar-refractivity contribution in [3.63, 3.8) is 0 Å². The van der Waals surface area contributed by atoms with Gasteiger partial charge < -0.3 is 14.6 Å². The van der Waals surface area contributed by atoms with E-state index in [4.69, 9.17) is 4.74 Å². The molecule has 0 aliphatic heterocycles. The normalized spacial score (nSPS) is 11.1. The zero-order valence-corrected chi connectivity index (χ0v) is 11.7. The number of hydrogen-bond donors (Lipinski definition) is 1. The highest BCUT2D eigenvalue weighted by atomic mass is 16.5. The first kappa shape index (κ1) is 13.0. The minimum atomic E-state index is 0.956. The van der Waals surface area contributed by atoms with Gasteiger partial charge in [0.15, 0.2) is 0 Å². The molecular formula is C15H22N2O. The molecular weight excluding hydrogens is 224 g/mol. The lowest BCUT2D eigenvalue weighted by atomic mass is 10.1. The van der Waals surface area contributed by atoms with E-state index in [2.05, 4.69) is 36.0 Å². The maximum absolute atomic E-state index is 5.47. The number of aryl methyl sites for hydroxylation is 2. The second-order valence-corrected chi connectivity index (χ2v) is 4.69. The van der Waals surface area contributed by atoms with Gasteiger partial charge in [0.05, 0.1) is 12.6 Å². The van der Waals surface area contributed by atoms with Crippen molar-refractivity contribution < 1.29 is 4.74 Å². The number of nitrogens with zero attached hydrogens (tertiary/aromatic N) is 1. The Labute approximate surface area is 109 Å². The second kappa shape index (κ2) is 5.44. The van der Waals surface area contributed by atoms with Gasteiger partial charge in [0.25, 0.3) is 0 Å². The van der Waals surface area contributed by atoms with Gasteiger partial charge in [0, 0.05) is 18.1 Å². The summed E-state index contributed by atoms with van der Waals surface area (Å²) in [6, 6.07) is 6.29. The van der Waals surface area contributed by atoms with Crippen LogP contribution in [0, 0.1) is 6.92 Å². The number of nitrogens with one attached hydrogen (secondary N) is 1. The minimum Gasteiger partial charge on any atom is -0.495 e. The Morgan fingerprint density at radius 1 is 1.33 bits per heavy atom. The van der Waals surface area contributed by atoms with E-state index in [0.29, 0.717) is 0 Å². The predicted octanol–water partition coefficient (Wildman–Crippen LogP) is 2.65. The van der Waals surface area contributed by atoms with Gasteiger partial charge in [-0.15, -0.1) is 0 Å². The molecule has 1 N–H and O–H groups in total. The van der Waals surface area contributed by atoms with Gasteiger partial charge in [-0.2, -0.15) is 0 Å². The van der Waals surface area contributed by atoms with Crippen LogP contribution in [0.5, 0.6) is 5.75 Å². The molecule has 0 amide bonds. The number of methoxy groups -OCH3 is 1. The zero-order chi connectivity index (χ0) is 13.1. The highest BCUT2D eigenvalue weighted by Gasteiger charge is 2.14. The third kappa shape index (κ3) is 2.10. The molecule has 0 radical (unpaired) electrons. The van der Waals surface area contributed by atoms with E-state index in [1.54, 1.807) is 7.11 Å². The monoisotopic (exact) mass is 246 g/mol. The van der Waals surface area contributed by atoms with E-state index in [-0.39, 0.29) is 0 Å². The fourth-order valence-corrected chi connectivity index (χ4v) is 2.60. The van der Waals surface area contributed by atoms with E-state index in [9.17, 15) is 0 Å². The number of aromatic nitrogens is 1. The van der Waals surface area contributed by atoms with Crippen molar-refractivity contribution in [3.05, 3.63) is 29.5 Å². The highest BCUT2D eigenvalue weighted by molar-refractivity contribution is 5.90. The molecule has 18 heavy (non-hydrogen) atoms. The summed E-state index contributed by atoms with van der Waals surface area (Å²) in [6.45, 7) is 3.24. The van der Waals surface area contributed by atoms with Crippen molar-refractivity contribution in [1.82, 2.24) is 9.88 Å². The Bertz CT molecular complexity index is 543. The molecule has 3 heteroatoms. The van der Waals surface area contributed by atoms with Gasteiger partial charge in [0.1, 0.15) is 5.75 Å². The first-order valence-electron chi connectivity index (χ1n) is 6.46. The Morgan fingerprint density at radius 2 is 2.11 bits per heavy atom. The minimum absolute atomic E-state index is 0.956. The van der Waals surface area contributed by atoms with E-state index in [1.807, 2.05) is 13.1 Å². The summed E-state index contributed by atoms with van der Waals surface area (Å²) >= 11 is 0. The second-order valence-electron chi connectivity index (χ2n) is 4.69. The van der Waals surface area contributed by atoms with Crippen molar-refractivity contribution >= 4 is 10.9 Å². The van der Waals surface area contributed by atoms with Gasteiger partial charge in [-0.25, -0.2) is 0 Å². The molecule has 0 spiro atoms. The molecule has 1 aromatic heterocycles. The van der Waals surface area contributed by atoms with Gasteiger partial charge >= 0.3 is 0 Å². The molecule has 0 aliphatic carbocycles. The van der Waals surface area contributed by atoms with Crippen LogP contribution in [-0.2, 0) is 13.5 Å². The van der Waals surface area contributed by atoms with Crippen molar-refractivity contribution in [1.29, 1.82) is 0 Å². The molecule has 0 saturated heterocycles. The SMILES string of the molecule is CNCCCc1c(C)n(C)c2c(OC)cccc12. The first-order chi connectivity index (χ1) is 8.70. The van der Waals surface area contributed by atoms with Crippen LogP contribution < -0.4 is 10.1 Å². The standard InChI is InChI=1S/C15H22N2O/c1-11-12(8-6-10-16-2)13-7-5-9-14(18-4)15(13)17(11)3/h5,7,9,16H,6,8,10H2,1-4H3. The predicted molar refractivity (Wildman–Crippen MR) is 76.5 cm³/mol. The summed E-state index contributed by atoms with van der Waals surface area (Å²) in [5.74, 6) is 0.956. The van der Waals surface area contributed by atoms with Gasteiger partial charge in [-0.1, -0.05) is 12.1 Å². The lowest BCUT2D eigenvalue weighted by Crippen LogP contribution is -2.08. The number of fused-ring (bicyclic) bond motifs is 1. The maximum Gasteiger partial charge on any atom is 0.143 e. The third-order valence-electron chi connectivity index (χ3n) is 3.67. The molecule has 0 fully saturated rings. The molecule has 0 saturated carbocycles. The van der Waals surface area contributed by atoms with Crippen LogP contribution in [0.1, 0.15) is 17.7 Å². The topological polar surface area (TPSA) is 26.2 Å². The lowest BCUT2D eigenvalue weighted by molar-refractivity contribution is 0.418. The summed E-state index contributed by atoms with van der Waals surface area (Å²) in [6.07, 6.45) is 2.27. The molecule has 0 aliphatic rings. The first-order valence-corrected chi connectivity index (χ1v) is 6.46. The van der Waals surface area contributed by atoms with Gasteiger partial charge in [-0.3, -0.25) is 0 Å². The van der Waals surface area contributed by atoms with Gasteiger partial charge in [0.2, 0.25) is 0 Å². The number of hydrogen-bond acceptors (Lipinski definition) is 2. The smallest absolute Gasteiger partial charge is 0.143 e. The van der Waals surface area contributed by atoms with Crippen LogP contribution in [0.25, 0.3) is 10.9 Å². The molecule has 2 aromatic rings. The quantitative estimate of drug-likeness (QED) is 0.821. The molecule has 98 valence electrons. The highest BCUT2D eigenvalue weighted by Crippen LogP contribution is 2.32. The molecule has 1 heterocycles. The fraction of sp³-hybridized carbons (Fsp3) is 0.467. The summed E-state index contributed by atoms with van der Waals surface area (Å²) in [5, 5.41) is 4.53. The summed E-state index contributed by atoms with van der Waals surface area (Å²) in [7, 11) is 5.85. The summed E-state index contributed by atoms with van der Waals surface area (Å²) < 4.78 is 7.71. The fourth-order valence-electron chi connectivity index (χ4n) is 2.60. The van der Waals surface area contributed by atoms with Crippen LogP contribution in [0.3, 0.4) is 0 Å². The van der Waals surface area contributed by atoms with E-state index < -0.39 is 0 Å². The molecule has 0 unspecified atom stereocenters. The van der Waals surface area contributed by atoms with Crippen molar-refractivity contribution in [2.75, 3.05) is 20.7 Å². The summed E-state index contributed by atoms with van der Waals surface area (Å²) in [4.78, 5) is 0. The molecule has 0 bridgehead atoms. The molecule has 1 aromatic carbocycles. The van der Waals surface area contributed by atoms with Crippen molar-refractivity contribution in [2.24, 2.45) is 7.05 Å².